The molecule has 6 nitrogen and oxygen atoms in total. The third-order valence-corrected chi connectivity index (χ3v) is 7.04. The summed E-state index contributed by atoms with van der Waals surface area (Å²) in [4.78, 5) is 13.2. The maximum Gasteiger partial charge on any atom is 0.270 e. The molecule has 0 aromatic heterocycles. The molecule has 7 heteroatoms. The maximum absolute atomic E-state index is 13.8. The molecule has 0 bridgehead atoms. The fourth-order valence-corrected chi connectivity index (χ4v) is 5.53. The average molecular weight is 461 g/mol. The number of rotatable bonds is 7. The lowest BCUT2D eigenvalue weighted by Crippen LogP contribution is -2.39. The molecule has 1 aliphatic heterocycles. The van der Waals surface area contributed by atoms with E-state index in [0.717, 1.165) is 0 Å². The zero-order chi connectivity index (χ0) is 23.4. The van der Waals surface area contributed by atoms with Crippen molar-refractivity contribution < 1.29 is 17.9 Å². The molecule has 3 aromatic rings. The van der Waals surface area contributed by atoms with Crippen LogP contribution in [0.15, 0.2) is 96.4 Å². The molecule has 1 N–H and O–H groups in total. The number of carbonyl (C=O) groups excluding carboxylic acids is 1. The van der Waals surface area contributed by atoms with Crippen molar-refractivity contribution in [2.45, 2.75) is 6.92 Å². The second-order valence-electron chi connectivity index (χ2n) is 7.32. The normalized spacial score (nSPS) is 14.4. The summed E-state index contributed by atoms with van der Waals surface area (Å²) in [6, 6.07) is 23.0. The molecule has 4 rings (SSSR count). The fourth-order valence-electron chi connectivity index (χ4n) is 3.82. The first-order valence-electron chi connectivity index (χ1n) is 10.5. The molecule has 0 saturated carbocycles. The topological polar surface area (TPSA) is 75.7 Å². The summed E-state index contributed by atoms with van der Waals surface area (Å²) in [6.07, 6.45) is 1.50. The number of nitrogens with one attached hydrogen (secondary N) is 1. The molecule has 0 unspecified atom stereocenters. The van der Waals surface area contributed by atoms with Gasteiger partial charge in [0.05, 0.1) is 18.8 Å². The largest absolute Gasteiger partial charge is 0.494 e. The van der Waals surface area contributed by atoms with E-state index in [0.29, 0.717) is 40.4 Å². The van der Waals surface area contributed by atoms with Crippen molar-refractivity contribution in [1.29, 1.82) is 0 Å². The van der Waals surface area contributed by atoms with Crippen LogP contribution in [0, 0.1) is 0 Å². The van der Waals surface area contributed by atoms with Gasteiger partial charge in [-0.1, -0.05) is 54.6 Å². The molecule has 0 saturated heterocycles. The standard InChI is InChI=1S/C26H24N2O4S/c1-3-18-28-23-13-9-8-12-22(23)24(19-10-6-5-7-11-19)25(33(28,30)31)26(29)27-20-14-16-21(17-15-20)32-4-2/h3,5-17H,1,4,18H2,2H3,(H,27,29). The van der Waals surface area contributed by atoms with Crippen LogP contribution in [-0.4, -0.2) is 27.5 Å². The highest BCUT2D eigenvalue weighted by Crippen LogP contribution is 2.42. The highest BCUT2D eigenvalue weighted by molar-refractivity contribution is 7.97. The second-order valence-corrected chi connectivity index (χ2v) is 9.12. The highest BCUT2D eigenvalue weighted by atomic mass is 32.2. The van der Waals surface area contributed by atoms with E-state index in [1.54, 1.807) is 48.5 Å². The first-order valence-corrected chi connectivity index (χ1v) is 12.0. The number of amides is 1. The van der Waals surface area contributed by atoms with Crippen LogP contribution in [0.25, 0.3) is 5.57 Å². The van der Waals surface area contributed by atoms with Crippen molar-refractivity contribution >= 4 is 32.9 Å². The second kappa shape index (κ2) is 9.34. The third kappa shape index (κ3) is 4.27. The molecule has 1 heterocycles. The highest BCUT2D eigenvalue weighted by Gasteiger charge is 2.40. The Morgan fingerprint density at radius 1 is 1.00 bits per heavy atom. The first kappa shape index (κ1) is 22.4. The minimum Gasteiger partial charge on any atom is -0.494 e. The lowest BCUT2D eigenvalue weighted by atomic mass is 9.95. The van der Waals surface area contributed by atoms with Gasteiger partial charge in [-0.2, -0.15) is 0 Å². The Balaban J connectivity index is 1.89. The van der Waals surface area contributed by atoms with Gasteiger partial charge in [0.1, 0.15) is 5.75 Å². The Kier molecular flexibility index (Phi) is 6.33. The summed E-state index contributed by atoms with van der Waals surface area (Å²) in [5.74, 6) is -0.0439. The van der Waals surface area contributed by atoms with Gasteiger partial charge >= 0.3 is 0 Å². The van der Waals surface area contributed by atoms with Gasteiger partial charge in [-0.05, 0) is 42.8 Å². The SMILES string of the molecule is C=CCN1c2ccccc2C(c2ccccc2)=C(C(=O)Nc2ccc(OCC)cc2)S1(=O)=O. The van der Waals surface area contributed by atoms with Crippen LogP contribution in [0.5, 0.6) is 5.75 Å². The number of nitrogens with zero attached hydrogens (tertiary/aromatic N) is 1. The quantitative estimate of drug-likeness (QED) is 0.513. The molecule has 0 atom stereocenters. The third-order valence-electron chi connectivity index (χ3n) is 5.20. The Morgan fingerprint density at radius 3 is 2.33 bits per heavy atom. The number of hydrogen-bond acceptors (Lipinski definition) is 4. The number of sulfonamides is 1. The molecule has 0 aliphatic carbocycles. The Bertz CT molecular complexity index is 1310. The molecule has 0 radical (unpaired) electrons. The zero-order valence-electron chi connectivity index (χ0n) is 18.2. The van der Waals surface area contributed by atoms with E-state index in [2.05, 4.69) is 11.9 Å². The predicted molar refractivity (Wildman–Crippen MR) is 132 cm³/mol. The molecular formula is C26H24N2O4S. The Morgan fingerprint density at radius 2 is 1.67 bits per heavy atom. The summed E-state index contributed by atoms with van der Waals surface area (Å²) in [5.41, 5.74) is 2.65. The van der Waals surface area contributed by atoms with Crippen molar-refractivity contribution in [3.63, 3.8) is 0 Å². The smallest absolute Gasteiger partial charge is 0.270 e. The lowest BCUT2D eigenvalue weighted by molar-refractivity contribution is -0.112. The molecule has 0 spiro atoms. The van der Waals surface area contributed by atoms with Gasteiger partial charge in [0.25, 0.3) is 15.9 Å². The van der Waals surface area contributed by atoms with Gasteiger partial charge in [-0.25, -0.2) is 8.42 Å². The summed E-state index contributed by atoms with van der Waals surface area (Å²) in [7, 11) is -4.17. The van der Waals surface area contributed by atoms with E-state index in [1.807, 2.05) is 37.3 Å². The minimum atomic E-state index is -4.17. The number of anilines is 2. The number of carbonyl (C=O) groups is 1. The van der Waals surface area contributed by atoms with Crippen LogP contribution in [0.1, 0.15) is 18.1 Å². The Hall–Kier alpha value is -3.84. The molecule has 0 fully saturated rings. The van der Waals surface area contributed by atoms with E-state index in [-0.39, 0.29) is 11.4 Å². The van der Waals surface area contributed by atoms with Crippen LogP contribution >= 0.6 is 0 Å². The van der Waals surface area contributed by atoms with Crippen LogP contribution in [0.3, 0.4) is 0 Å². The van der Waals surface area contributed by atoms with Gasteiger partial charge in [0, 0.05) is 16.8 Å². The monoisotopic (exact) mass is 460 g/mol. The summed E-state index contributed by atoms with van der Waals surface area (Å²) in [5, 5.41) is 2.75. The molecule has 3 aromatic carbocycles. The number of hydrogen-bond donors (Lipinski definition) is 1. The summed E-state index contributed by atoms with van der Waals surface area (Å²) < 4.78 is 34.2. The molecule has 1 amide bonds. The molecular weight excluding hydrogens is 436 g/mol. The average Bonchev–Trinajstić information content (AvgIpc) is 2.82. The zero-order valence-corrected chi connectivity index (χ0v) is 19.0. The maximum atomic E-state index is 13.8. The lowest BCUT2D eigenvalue weighted by Gasteiger charge is -2.32. The number of benzene rings is 3. The number of fused-ring (bicyclic) bond motifs is 1. The molecule has 168 valence electrons. The van der Waals surface area contributed by atoms with E-state index in [9.17, 15) is 13.2 Å². The number of ether oxygens (including phenoxy) is 1. The van der Waals surface area contributed by atoms with Crippen molar-refractivity contribution in [2.24, 2.45) is 0 Å². The number of para-hydroxylation sites is 1. The van der Waals surface area contributed by atoms with Crippen molar-refractivity contribution in [3.8, 4) is 5.75 Å². The van der Waals surface area contributed by atoms with Gasteiger partial charge in [-0.3, -0.25) is 9.10 Å². The van der Waals surface area contributed by atoms with Crippen LogP contribution in [0.2, 0.25) is 0 Å². The molecule has 33 heavy (non-hydrogen) atoms. The summed E-state index contributed by atoms with van der Waals surface area (Å²) >= 11 is 0. The fraction of sp³-hybridized carbons (Fsp3) is 0.115. The minimum absolute atomic E-state index is 0.0429. The van der Waals surface area contributed by atoms with Crippen molar-refractivity contribution in [2.75, 3.05) is 22.8 Å². The van der Waals surface area contributed by atoms with Crippen LogP contribution in [0.4, 0.5) is 11.4 Å². The van der Waals surface area contributed by atoms with Crippen molar-refractivity contribution in [1.82, 2.24) is 0 Å². The Labute approximate surface area is 193 Å². The van der Waals surface area contributed by atoms with Crippen LogP contribution in [-0.2, 0) is 14.8 Å². The van der Waals surface area contributed by atoms with E-state index in [1.165, 1.54) is 10.4 Å². The van der Waals surface area contributed by atoms with Gasteiger partial charge in [-0.15, -0.1) is 6.58 Å². The van der Waals surface area contributed by atoms with E-state index >= 15 is 0 Å². The van der Waals surface area contributed by atoms with E-state index in [4.69, 9.17) is 4.74 Å². The molecule has 1 aliphatic rings. The van der Waals surface area contributed by atoms with Gasteiger partial charge in [0.2, 0.25) is 0 Å². The van der Waals surface area contributed by atoms with Crippen molar-refractivity contribution in [3.05, 3.63) is 108 Å². The van der Waals surface area contributed by atoms with E-state index < -0.39 is 15.9 Å². The predicted octanol–water partition coefficient (Wildman–Crippen LogP) is 4.82. The summed E-state index contributed by atoms with van der Waals surface area (Å²) in [6.45, 7) is 6.15. The van der Waals surface area contributed by atoms with Gasteiger partial charge < -0.3 is 10.1 Å². The van der Waals surface area contributed by atoms with Gasteiger partial charge in [0.15, 0.2) is 4.91 Å². The first-order chi connectivity index (χ1) is 16.0. The van der Waals surface area contributed by atoms with Crippen LogP contribution < -0.4 is 14.4 Å².